The van der Waals surface area contributed by atoms with Crippen LogP contribution in [0.2, 0.25) is 0 Å². The second kappa shape index (κ2) is 6.01. The minimum atomic E-state index is -0.527. The molecule has 0 saturated heterocycles. The quantitative estimate of drug-likeness (QED) is 0.867. The summed E-state index contributed by atoms with van der Waals surface area (Å²) >= 11 is 0. The van der Waals surface area contributed by atoms with Gasteiger partial charge in [-0.3, -0.25) is 0 Å². The average Bonchev–Trinajstić information content (AvgIpc) is 3.01. The summed E-state index contributed by atoms with van der Waals surface area (Å²) < 4.78 is 14.9. The lowest BCUT2D eigenvalue weighted by molar-refractivity contribution is 0.627. The number of anilines is 1. The topological polar surface area (TPSA) is 101 Å². The SMILES string of the molecule is N#CC(C#N)=C(C#N)Nc1cc(F)ccc1-n1cccn1. The Kier molecular flexibility index (Phi) is 3.95. The first-order chi connectivity index (χ1) is 10.2. The van der Waals surface area contributed by atoms with Crippen LogP contribution in [0.4, 0.5) is 10.1 Å². The van der Waals surface area contributed by atoms with Crippen molar-refractivity contribution in [1.82, 2.24) is 9.78 Å². The summed E-state index contributed by atoms with van der Waals surface area (Å²) in [6.07, 6.45) is 3.19. The Labute approximate surface area is 119 Å². The molecule has 2 aromatic rings. The van der Waals surface area contributed by atoms with Crippen LogP contribution in [0, 0.1) is 39.8 Å². The van der Waals surface area contributed by atoms with Gasteiger partial charge in [-0.25, -0.2) is 9.07 Å². The highest BCUT2D eigenvalue weighted by Gasteiger charge is 2.11. The third-order valence-electron chi connectivity index (χ3n) is 2.55. The summed E-state index contributed by atoms with van der Waals surface area (Å²) in [4.78, 5) is 0. The third-order valence-corrected chi connectivity index (χ3v) is 2.55. The minimum absolute atomic E-state index is 0.221. The number of benzene rings is 1. The summed E-state index contributed by atoms with van der Waals surface area (Å²) in [5, 5.41) is 33.2. The Morgan fingerprint density at radius 3 is 2.52 bits per heavy atom. The molecule has 0 aliphatic heterocycles. The van der Waals surface area contributed by atoms with Gasteiger partial charge < -0.3 is 5.32 Å². The van der Waals surface area contributed by atoms with Crippen LogP contribution in [0.3, 0.4) is 0 Å². The van der Waals surface area contributed by atoms with Crippen LogP contribution in [0.5, 0.6) is 0 Å². The number of halogens is 1. The molecule has 0 aliphatic rings. The number of nitriles is 3. The molecule has 1 N–H and O–H groups in total. The van der Waals surface area contributed by atoms with Gasteiger partial charge in [0.1, 0.15) is 29.7 Å². The van der Waals surface area contributed by atoms with E-state index in [0.29, 0.717) is 5.69 Å². The van der Waals surface area contributed by atoms with Gasteiger partial charge in [0.15, 0.2) is 5.57 Å². The lowest BCUT2D eigenvalue weighted by Crippen LogP contribution is -2.06. The van der Waals surface area contributed by atoms with Crippen LogP contribution in [0.15, 0.2) is 47.9 Å². The smallest absolute Gasteiger partial charge is 0.163 e. The van der Waals surface area contributed by atoms with Gasteiger partial charge in [-0.15, -0.1) is 0 Å². The molecular weight excluding hydrogens is 271 g/mol. The van der Waals surface area contributed by atoms with E-state index in [0.717, 1.165) is 6.07 Å². The zero-order valence-corrected chi connectivity index (χ0v) is 10.6. The molecule has 7 heteroatoms. The zero-order valence-electron chi connectivity index (χ0n) is 10.6. The number of nitrogens with zero attached hydrogens (tertiary/aromatic N) is 5. The van der Waals surface area contributed by atoms with Crippen LogP contribution in [-0.4, -0.2) is 9.78 Å². The van der Waals surface area contributed by atoms with Crippen molar-refractivity contribution >= 4 is 5.69 Å². The van der Waals surface area contributed by atoms with Crippen molar-refractivity contribution in [3.63, 3.8) is 0 Å². The monoisotopic (exact) mass is 278 g/mol. The molecule has 1 aromatic heterocycles. The van der Waals surface area contributed by atoms with Crippen molar-refractivity contribution in [2.45, 2.75) is 0 Å². The maximum atomic E-state index is 13.4. The van der Waals surface area contributed by atoms with E-state index in [9.17, 15) is 4.39 Å². The Morgan fingerprint density at radius 1 is 1.19 bits per heavy atom. The van der Waals surface area contributed by atoms with E-state index in [4.69, 9.17) is 15.8 Å². The third kappa shape index (κ3) is 2.86. The number of hydrogen-bond acceptors (Lipinski definition) is 5. The van der Waals surface area contributed by atoms with Gasteiger partial charge in [-0.2, -0.15) is 20.9 Å². The Balaban J connectivity index is 2.53. The fourth-order valence-electron chi connectivity index (χ4n) is 1.64. The molecule has 0 radical (unpaired) electrons. The second-order valence-corrected chi connectivity index (χ2v) is 3.82. The van der Waals surface area contributed by atoms with E-state index < -0.39 is 5.82 Å². The van der Waals surface area contributed by atoms with Crippen LogP contribution in [-0.2, 0) is 0 Å². The molecule has 21 heavy (non-hydrogen) atoms. The van der Waals surface area contributed by atoms with E-state index in [1.165, 1.54) is 16.8 Å². The molecule has 0 unspecified atom stereocenters. The first kappa shape index (κ1) is 13.8. The molecule has 1 heterocycles. The van der Waals surface area contributed by atoms with E-state index in [-0.39, 0.29) is 17.0 Å². The van der Waals surface area contributed by atoms with Gasteiger partial charge in [0.05, 0.1) is 11.4 Å². The molecule has 0 saturated carbocycles. The summed E-state index contributed by atoms with van der Waals surface area (Å²) in [6.45, 7) is 0. The Bertz CT molecular complexity index is 799. The Hall–Kier alpha value is -3.63. The lowest BCUT2D eigenvalue weighted by Gasteiger charge is -2.11. The average molecular weight is 278 g/mol. The maximum absolute atomic E-state index is 13.4. The maximum Gasteiger partial charge on any atom is 0.163 e. The first-order valence-corrected chi connectivity index (χ1v) is 5.70. The highest BCUT2D eigenvalue weighted by atomic mass is 19.1. The fourth-order valence-corrected chi connectivity index (χ4v) is 1.64. The van der Waals surface area contributed by atoms with E-state index in [1.54, 1.807) is 36.7 Å². The second-order valence-electron chi connectivity index (χ2n) is 3.82. The minimum Gasteiger partial charge on any atom is -0.343 e. The zero-order chi connectivity index (χ0) is 15.2. The summed E-state index contributed by atoms with van der Waals surface area (Å²) in [6, 6.07) is 10.5. The summed E-state index contributed by atoms with van der Waals surface area (Å²) in [5.41, 5.74) is 0.0646. The molecule has 0 bridgehead atoms. The van der Waals surface area contributed by atoms with Crippen LogP contribution in [0.1, 0.15) is 0 Å². The lowest BCUT2D eigenvalue weighted by atomic mass is 10.2. The number of aromatic nitrogens is 2. The van der Waals surface area contributed by atoms with Crippen molar-refractivity contribution in [3.05, 3.63) is 53.7 Å². The molecule has 0 amide bonds. The fraction of sp³-hybridized carbons (Fsp3) is 0. The van der Waals surface area contributed by atoms with Crippen molar-refractivity contribution < 1.29 is 4.39 Å². The van der Waals surface area contributed by atoms with Crippen LogP contribution < -0.4 is 5.32 Å². The molecule has 0 atom stereocenters. The number of rotatable bonds is 3. The largest absolute Gasteiger partial charge is 0.343 e. The van der Waals surface area contributed by atoms with E-state index >= 15 is 0 Å². The predicted octanol–water partition coefficient (Wildman–Crippen LogP) is 2.25. The van der Waals surface area contributed by atoms with Crippen molar-refractivity contribution in [2.24, 2.45) is 0 Å². The molecule has 6 nitrogen and oxygen atoms in total. The molecular formula is C14H7FN6. The van der Waals surface area contributed by atoms with Gasteiger partial charge in [0.2, 0.25) is 0 Å². The highest BCUT2D eigenvalue weighted by molar-refractivity contribution is 5.67. The summed E-state index contributed by atoms with van der Waals surface area (Å²) in [5.74, 6) is -0.527. The molecule has 2 rings (SSSR count). The highest BCUT2D eigenvalue weighted by Crippen LogP contribution is 2.23. The standard InChI is InChI=1S/C14H7FN6/c15-11-2-3-14(21-5-1-4-19-21)12(6-11)20-13(9-18)10(7-16)8-17/h1-6,20H. The van der Waals surface area contributed by atoms with Gasteiger partial charge >= 0.3 is 0 Å². The van der Waals surface area contributed by atoms with Crippen LogP contribution in [0.25, 0.3) is 5.69 Å². The molecule has 0 fully saturated rings. The molecule has 1 aromatic carbocycles. The van der Waals surface area contributed by atoms with E-state index in [1.807, 2.05) is 0 Å². The Morgan fingerprint density at radius 2 is 1.95 bits per heavy atom. The molecule has 100 valence electrons. The van der Waals surface area contributed by atoms with E-state index in [2.05, 4.69) is 10.4 Å². The summed E-state index contributed by atoms with van der Waals surface area (Å²) in [7, 11) is 0. The van der Waals surface area contributed by atoms with Crippen molar-refractivity contribution in [3.8, 4) is 23.9 Å². The molecule has 0 spiro atoms. The number of nitrogens with one attached hydrogen (secondary N) is 1. The van der Waals surface area contributed by atoms with Crippen molar-refractivity contribution in [1.29, 1.82) is 15.8 Å². The van der Waals surface area contributed by atoms with Gasteiger partial charge in [-0.05, 0) is 24.3 Å². The molecule has 0 aliphatic carbocycles. The number of hydrogen-bond donors (Lipinski definition) is 1. The van der Waals surface area contributed by atoms with Gasteiger partial charge in [0.25, 0.3) is 0 Å². The van der Waals surface area contributed by atoms with Crippen molar-refractivity contribution in [2.75, 3.05) is 5.32 Å². The van der Waals surface area contributed by atoms with Gasteiger partial charge in [-0.1, -0.05) is 0 Å². The normalized spacial score (nSPS) is 9.05. The van der Waals surface area contributed by atoms with Gasteiger partial charge in [0, 0.05) is 12.4 Å². The first-order valence-electron chi connectivity index (χ1n) is 5.70. The number of allylic oxidation sites excluding steroid dienone is 2. The van der Waals surface area contributed by atoms with Crippen LogP contribution >= 0.6 is 0 Å². The predicted molar refractivity (Wildman–Crippen MR) is 71.0 cm³/mol.